The maximum atomic E-state index is 12.3. The van der Waals surface area contributed by atoms with Crippen molar-refractivity contribution < 1.29 is 9.53 Å². The average molecular weight is 322 g/mol. The van der Waals surface area contributed by atoms with Crippen molar-refractivity contribution in [3.8, 4) is 0 Å². The van der Waals surface area contributed by atoms with E-state index < -0.39 is 5.60 Å². The van der Waals surface area contributed by atoms with Gasteiger partial charge in [-0.15, -0.1) is 5.10 Å². The smallest absolute Gasteiger partial charge is 0.410 e. The van der Waals surface area contributed by atoms with Gasteiger partial charge >= 0.3 is 6.09 Å². The van der Waals surface area contributed by atoms with E-state index in [9.17, 15) is 4.79 Å². The number of ether oxygens (including phenoxy) is 1. The minimum absolute atomic E-state index is 0.0341. The van der Waals surface area contributed by atoms with Crippen LogP contribution in [0.2, 0.25) is 0 Å². The predicted molar refractivity (Wildman–Crippen MR) is 85.1 cm³/mol. The summed E-state index contributed by atoms with van der Waals surface area (Å²) in [6.45, 7) is 9.54. The highest BCUT2D eigenvalue weighted by molar-refractivity contribution is 5.68. The van der Waals surface area contributed by atoms with Gasteiger partial charge in [-0.2, -0.15) is 0 Å². The first kappa shape index (κ1) is 16.2. The fraction of sp³-hybridized carbons (Fsp3) is 0.800. The zero-order valence-corrected chi connectivity index (χ0v) is 14.1. The molecule has 2 aliphatic rings. The molecule has 0 aliphatic carbocycles. The van der Waals surface area contributed by atoms with E-state index in [1.54, 1.807) is 11.1 Å². The van der Waals surface area contributed by atoms with Gasteiger partial charge in [0.25, 0.3) is 0 Å². The van der Waals surface area contributed by atoms with Gasteiger partial charge in [-0.1, -0.05) is 5.21 Å². The topological polar surface area (TPSA) is 84.3 Å². The van der Waals surface area contributed by atoms with Crippen molar-refractivity contribution >= 4 is 6.09 Å². The van der Waals surface area contributed by atoms with Gasteiger partial charge in [0.1, 0.15) is 5.60 Å². The number of carbonyl (C=O) groups is 1. The molecule has 3 rings (SSSR count). The van der Waals surface area contributed by atoms with Crippen LogP contribution >= 0.6 is 0 Å². The second-order valence-electron chi connectivity index (χ2n) is 7.18. The van der Waals surface area contributed by atoms with E-state index in [0.717, 1.165) is 31.7 Å². The molecule has 2 saturated heterocycles. The SMILES string of the molecule is CC(C)(C)OC(=O)N1CCNC(c2cnnn2C2CCNC2)C1. The molecule has 3 heterocycles. The fourth-order valence-corrected chi connectivity index (χ4v) is 3.07. The third-order valence-corrected chi connectivity index (χ3v) is 4.17. The lowest BCUT2D eigenvalue weighted by Crippen LogP contribution is -2.50. The summed E-state index contributed by atoms with van der Waals surface area (Å²) in [5.41, 5.74) is 0.558. The van der Waals surface area contributed by atoms with Gasteiger partial charge in [-0.25, -0.2) is 9.48 Å². The number of rotatable bonds is 2. The number of nitrogens with zero attached hydrogens (tertiary/aromatic N) is 4. The molecule has 2 unspecified atom stereocenters. The van der Waals surface area contributed by atoms with Crippen LogP contribution in [-0.2, 0) is 4.74 Å². The third kappa shape index (κ3) is 3.81. The normalized spacial score (nSPS) is 25.6. The Morgan fingerprint density at radius 1 is 1.39 bits per heavy atom. The van der Waals surface area contributed by atoms with Crippen LogP contribution in [-0.4, -0.2) is 64.3 Å². The standard InChI is InChI=1S/C15H26N6O2/c1-15(2,3)23-14(22)20-7-6-17-12(10-20)13-9-18-19-21(13)11-4-5-16-8-11/h9,11-12,16-17H,4-8,10H2,1-3H3. The van der Waals surface area contributed by atoms with E-state index in [1.807, 2.05) is 25.5 Å². The Hall–Kier alpha value is -1.67. The Morgan fingerprint density at radius 3 is 2.91 bits per heavy atom. The molecule has 0 spiro atoms. The summed E-state index contributed by atoms with van der Waals surface area (Å²) in [6, 6.07) is 0.373. The minimum atomic E-state index is -0.476. The molecular weight excluding hydrogens is 296 g/mol. The molecule has 8 heteroatoms. The van der Waals surface area contributed by atoms with Crippen LogP contribution < -0.4 is 10.6 Å². The van der Waals surface area contributed by atoms with Crippen LogP contribution in [0, 0.1) is 0 Å². The molecule has 8 nitrogen and oxygen atoms in total. The molecule has 2 aliphatic heterocycles. The van der Waals surface area contributed by atoms with Crippen LogP contribution in [0.1, 0.15) is 45.0 Å². The zero-order chi connectivity index (χ0) is 16.4. The van der Waals surface area contributed by atoms with E-state index >= 15 is 0 Å². The minimum Gasteiger partial charge on any atom is -0.444 e. The lowest BCUT2D eigenvalue weighted by Gasteiger charge is -2.35. The maximum absolute atomic E-state index is 12.3. The molecule has 0 saturated carbocycles. The van der Waals surface area contributed by atoms with E-state index in [2.05, 4.69) is 20.9 Å². The number of carbonyl (C=O) groups excluding carboxylic acids is 1. The van der Waals surface area contributed by atoms with Crippen molar-refractivity contribution in [1.29, 1.82) is 0 Å². The molecule has 1 amide bonds. The van der Waals surface area contributed by atoms with E-state index in [1.165, 1.54) is 0 Å². The quantitative estimate of drug-likeness (QED) is 0.833. The number of piperazine rings is 1. The molecule has 23 heavy (non-hydrogen) atoms. The number of hydrogen-bond donors (Lipinski definition) is 2. The zero-order valence-electron chi connectivity index (χ0n) is 14.1. The lowest BCUT2D eigenvalue weighted by molar-refractivity contribution is 0.0191. The molecular formula is C15H26N6O2. The Labute approximate surface area is 136 Å². The second-order valence-corrected chi connectivity index (χ2v) is 7.18. The van der Waals surface area contributed by atoms with Gasteiger partial charge in [-0.3, -0.25) is 0 Å². The summed E-state index contributed by atoms with van der Waals surface area (Å²) in [6.07, 6.45) is 2.60. The average Bonchev–Trinajstić information content (AvgIpc) is 3.16. The van der Waals surface area contributed by atoms with Crippen molar-refractivity contribution in [2.75, 3.05) is 32.7 Å². The van der Waals surface area contributed by atoms with Crippen LogP contribution in [0.5, 0.6) is 0 Å². The second kappa shape index (κ2) is 6.45. The van der Waals surface area contributed by atoms with E-state index in [0.29, 0.717) is 19.1 Å². The highest BCUT2D eigenvalue weighted by atomic mass is 16.6. The predicted octanol–water partition coefficient (Wildman–Crippen LogP) is 0.694. The lowest BCUT2D eigenvalue weighted by atomic mass is 10.1. The summed E-state index contributed by atoms with van der Waals surface area (Å²) in [5.74, 6) is 0. The van der Waals surface area contributed by atoms with Gasteiger partial charge in [0.15, 0.2) is 0 Å². The van der Waals surface area contributed by atoms with E-state index in [-0.39, 0.29) is 12.1 Å². The van der Waals surface area contributed by atoms with Gasteiger partial charge in [-0.05, 0) is 33.7 Å². The molecule has 1 aromatic rings. The molecule has 0 radical (unpaired) electrons. The van der Waals surface area contributed by atoms with Crippen LogP contribution in [0.4, 0.5) is 4.79 Å². The fourth-order valence-electron chi connectivity index (χ4n) is 3.07. The van der Waals surface area contributed by atoms with Gasteiger partial charge < -0.3 is 20.3 Å². The number of amides is 1. The summed E-state index contributed by atoms with van der Waals surface area (Å²) in [7, 11) is 0. The van der Waals surface area contributed by atoms with Crippen molar-refractivity contribution in [2.24, 2.45) is 0 Å². The molecule has 2 fully saturated rings. The third-order valence-electron chi connectivity index (χ3n) is 4.17. The molecule has 2 N–H and O–H groups in total. The van der Waals surface area contributed by atoms with Crippen molar-refractivity contribution in [1.82, 2.24) is 30.5 Å². The number of hydrogen-bond acceptors (Lipinski definition) is 6. The summed E-state index contributed by atoms with van der Waals surface area (Å²) in [4.78, 5) is 14.1. The highest BCUT2D eigenvalue weighted by Crippen LogP contribution is 2.23. The summed E-state index contributed by atoms with van der Waals surface area (Å²) < 4.78 is 7.48. The van der Waals surface area contributed by atoms with Crippen LogP contribution in [0.25, 0.3) is 0 Å². The van der Waals surface area contributed by atoms with Crippen molar-refractivity contribution in [3.05, 3.63) is 11.9 Å². The molecule has 0 aromatic carbocycles. The van der Waals surface area contributed by atoms with Crippen molar-refractivity contribution in [2.45, 2.75) is 44.9 Å². The number of aromatic nitrogens is 3. The monoisotopic (exact) mass is 322 g/mol. The van der Waals surface area contributed by atoms with Crippen LogP contribution in [0.15, 0.2) is 6.20 Å². The Balaban J connectivity index is 1.69. The molecule has 128 valence electrons. The first-order valence-corrected chi connectivity index (χ1v) is 8.26. The highest BCUT2D eigenvalue weighted by Gasteiger charge is 2.31. The van der Waals surface area contributed by atoms with Crippen molar-refractivity contribution in [3.63, 3.8) is 0 Å². The van der Waals surface area contributed by atoms with Gasteiger partial charge in [0.2, 0.25) is 0 Å². The van der Waals surface area contributed by atoms with Crippen LogP contribution in [0.3, 0.4) is 0 Å². The Bertz CT molecular complexity index is 546. The largest absolute Gasteiger partial charge is 0.444 e. The van der Waals surface area contributed by atoms with E-state index in [4.69, 9.17) is 4.74 Å². The maximum Gasteiger partial charge on any atom is 0.410 e. The molecule has 1 aromatic heterocycles. The summed E-state index contributed by atoms with van der Waals surface area (Å²) >= 11 is 0. The van der Waals surface area contributed by atoms with Gasteiger partial charge in [0.05, 0.1) is 24.0 Å². The van der Waals surface area contributed by atoms with Gasteiger partial charge in [0, 0.05) is 26.2 Å². The Kier molecular flexibility index (Phi) is 4.54. The molecule has 2 atom stereocenters. The summed E-state index contributed by atoms with van der Waals surface area (Å²) in [5, 5.41) is 15.1. The molecule has 0 bridgehead atoms. The Morgan fingerprint density at radius 2 is 2.22 bits per heavy atom. The first-order valence-electron chi connectivity index (χ1n) is 8.26. The number of nitrogens with one attached hydrogen (secondary N) is 2. The first-order chi connectivity index (χ1) is 10.9.